The first kappa shape index (κ1) is 18.0. The Morgan fingerprint density at radius 2 is 1.88 bits per heavy atom. The Bertz CT molecular complexity index is 1070. The number of benzene rings is 2. The van der Waals surface area contributed by atoms with Crippen LogP contribution in [0.15, 0.2) is 47.4 Å². The number of fused-ring (bicyclic) bond motifs is 1. The average Bonchev–Trinajstić information content (AvgIpc) is 2.55. The van der Waals surface area contributed by atoms with Crippen LogP contribution in [0, 0.1) is 6.92 Å². The van der Waals surface area contributed by atoms with Gasteiger partial charge in [-0.15, -0.1) is 0 Å². The van der Waals surface area contributed by atoms with Gasteiger partial charge in [0.1, 0.15) is 0 Å². The average molecular weight is 381 g/mol. The number of halogens is 4. The molecule has 1 heterocycles. The third-order valence-corrected chi connectivity index (χ3v) is 4.15. The van der Waals surface area contributed by atoms with E-state index in [0.717, 1.165) is 12.1 Å². The molecule has 1 amide bonds. The first-order valence-corrected chi connectivity index (χ1v) is 7.85. The van der Waals surface area contributed by atoms with E-state index >= 15 is 0 Å². The number of aromatic amines is 1. The summed E-state index contributed by atoms with van der Waals surface area (Å²) < 4.78 is 39.6. The molecule has 0 radical (unpaired) electrons. The predicted molar refractivity (Wildman–Crippen MR) is 93.7 cm³/mol. The fourth-order valence-corrected chi connectivity index (χ4v) is 2.80. The summed E-state index contributed by atoms with van der Waals surface area (Å²) in [6, 6.07) is 7.84. The summed E-state index contributed by atoms with van der Waals surface area (Å²) in [5, 5.41) is 3.23. The second kappa shape index (κ2) is 6.49. The molecule has 0 aliphatic rings. The number of pyridine rings is 1. The van der Waals surface area contributed by atoms with E-state index in [1.54, 1.807) is 6.07 Å². The summed E-state index contributed by atoms with van der Waals surface area (Å²) in [7, 11) is 0. The predicted octanol–water partition coefficient (Wildman–Crippen LogP) is 4.76. The van der Waals surface area contributed by atoms with Crippen molar-refractivity contribution in [2.45, 2.75) is 13.1 Å². The molecule has 0 saturated carbocycles. The number of carbonyl (C=O) groups is 1. The van der Waals surface area contributed by atoms with Crippen LogP contribution in [-0.4, -0.2) is 10.9 Å². The highest BCUT2D eigenvalue weighted by atomic mass is 35.5. The van der Waals surface area contributed by atoms with E-state index in [4.69, 9.17) is 11.6 Å². The number of H-pyrrole nitrogens is 1. The van der Waals surface area contributed by atoms with Gasteiger partial charge in [0.25, 0.3) is 11.5 Å². The number of amides is 1. The fourth-order valence-electron chi connectivity index (χ4n) is 2.59. The van der Waals surface area contributed by atoms with Gasteiger partial charge in [-0.05, 0) is 42.6 Å². The maximum atomic E-state index is 13.2. The Morgan fingerprint density at radius 1 is 1.15 bits per heavy atom. The molecule has 134 valence electrons. The number of alkyl halides is 3. The van der Waals surface area contributed by atoms with Gasteiger partial charge in [0.15, 0.2) is 0 Å². The van der Waals surface area contributed by atoms with Crippen LogP contribution in [0.4, 0.5) is 18.9 Å². The molecule has 0 unspecified atom stereocenters. The summed E-state index contributed by atoms with van der Waals surface area (Å²) in [5.41, 5.74) is -1.39. The van der Waals surface area contributed by atoms with Crippen molar-refractivity contribution in [3.05, 3.63) is 74.7 Å². The van der Waals surface area contributed by atoms with E-state index in [1.807, 2.05) is 0 Å². The Labute approximate surface area is 150 Å². The lowest BCUT2D eigenvalue weighted by Gasteiger charge is -2.14. The van der Waals surface area contributed by atoms with Crippen LogP contribution >= 0.6 is 11.6 Å². The first-order valence-electron chi connectivity index (χ1n) is 7.47. The largest absolute Gasteiger partial charge is 0.417 e. The molecule has 2 N–H and O–H groups in total. The molecule has 0 bridgehead atoms. The Morgan fingerprint density at radius 3 is 2.58 bits per heavy atom. The first-order chi connectivity index (χ1) is 12.2. The highest BCUT2D eigenvalue weighted by Gasteiger charge is 2.35. The van der Waals surface area contributed by atoms with Crippen LogP contribution in [0.1, 0.15) is 21.5 Å². The topological polar surface area (TPSA) is 62.0 Å². The Kier molecular flexibility index (Phi) is 4.50. The van der Waals surface area contributed by atoms with Gasteiger partial charge >= 0.3 is 6.18 Å². The lowest BCUT2D eigenvalue weighted by molar-refractivity contribution is -0.137. The van der Waals surface area contributed by atoms with Crippen LogP contribution in [0.3, 0.4) is 0 Å². The minimum absolute atomic E-state index is 0.0446. The smallest absolute Gasteiger partial charge is 0.329 e. The number of hydrogen-bond acceptors (Lipinski definition) is 2. The van der Waals surface area contributed by atoms with E-state index in [9.17, 15) is 22.8 Å². The van der Waals surface area contributed by atoms with Crippen LogP contribution in [0.25, 0.3) is 10.8 Å². The molecule has 0 aliphatic carbocycles. The second-order valence-corrected chi connectivity index (χ2v) is 6.13. The summed E-state index contributed by atoms with van der Waals surface area (Å²) in [5.74, 6) is -0.941. The molecule has 8 heteroatoms. The lowest BCUT2D eigenvalue weighted by atomic mass is 10.0. The van der Waals surface area contributed by atoms with Crippen molar-refractivity contribution in [3.8, 4) is 0 Å². The number of carbonyl (C=O) groups excluding carboxylic acids is 1. The third kappa shape index (κ3) is 3.43. The SMILES string of the molecule is Cc1ccc(C(=O)Nc2cc3cc[nH]c(=O)c3cc2Cl)c(C(F)(F)F)c1. The molecule has 0 spiro atoms. The van der Waals surface area contributed by atoms with Gasteiger partial charge in [0, 0.05) is 11.6 Å². The zero-order valence-electron chi connectivity index (χ0n) is 13.4. The molecular weight excluding hydrogens is 369 g/mol. The van der Waals surface area contributed by atoms with Gasteiger partial charge < -0.3 is 10.3 Å². The molecule has 0 aliphatic heterocycles. The summed E-state index contributed by atoms with van der Waals surface area (Å²) in [6.07, 6.45) is -3.24. The van der Waals surface area contributed by atoms with Crippen LogP contribution < -0.4 is 10.9 Å². The normalized spacial score (nSPS) is 11.6. The highest BCUT2D eigenvalue weighted by Crippen LogP contribution is 2.34. The van der Waals surface area contributed by atoms with Gasteiger partial charge in [-0.1, -0.05) is 23.2 Å². The molecule has 0 atom stereocenters. The van der Waals surface area contributed by atoms with Crippen molar-refractivity contribution in [1.82, 2.24) is 4.98 Å². The molecule has 1 aromatic heterocycles. The van der Waals surface area contributed by atoms with Gasteiger partial charge in [0.05, 0.1) is 21.8 Å². The lowest BCUT2D eigenvalue weighted by Crippen LogP contribution is -2.19. The van der Waals surface area contributed by atoms with E-state index in [2.05, 4.69) is 10.3 Å². The van der Waals surface area contributed by atoms with Gasteiger partial charge in [-0.25, -0.2) is 0 Å². The molecule has 3 rings (SSSR count). The fraction of sp³-hybridized carbons (Fsp3) is 0.111. The van der Waals surface area contributed by atoms with Gasteiger partial charge in [-0.3, -0.25) is 9.59 Å². The highest BCUT2D eigenvalue weighted by molar-refractivity contribution is 6.34. The molecule has 26 heavy (non-hydrogen) atoms. The van der Waals surface area contributed by atoms with Gasteiger partial charge in [0.2, 0.25) is 0 Å². The van der Waals surface area contributed by atoms with Crippen molar-refractivity contribution in [3.63, 3.8) is 0 Å². The van der Waals surface area contributed by atoms with Crippen molar-refractivity contribution < 1.29 is 18.0 Å². The molecule has 3 aromatic rings. The van der Waals surface area contributed by atoms with Crippen molar-refractivity contribution >= 4 is 34.0 Å². The minimum Gasteiger partial charge on any atom is -0.329 e. The molecular formula is C18H12ClF3N2O2. The number of aryl methyl sites for hydroxylation is 1. The summed E-state index contributed by atoms with van der Waals surface area (Å²) in [6.45, 7) is 1.51. The molecule has 0 fully saturated rings. The second-order valence-electron chi connectivity index (χ2n) is 5.73. The van der Waals surface area contributed by atoms with Crippen molar-refractivity contribution in [2.75, 3.05) is 5.32 Å². The van der Waals surface area contributed by atoms with E-state index in [0.29, 0.717) is 16.3 Å². The zero-order valence-corrected chi connectivity index (χ0v) is 14.1. The van der Waals surface area contributed by atoms with Crippen molar-refractivity contribution in [1.29, 1.82) is 0 Å². The maximum absolute atomic E-state index is 13.2. The zero-order chi connectivity index (χ0) is 19.1. The van der Waals surface area contributed by atoms with Crippen LogP contribution in [-0.2, 0) is 6.18 Å². The molecule has 0 saturated heterocycles. The minimum atomic E-state index is -4.67. The van der Waals surface area contributed by atoms with Crippen LogP contribution in [0.2, 0.25) is 5.02 Å². The van der Waals surface area contributed by atoms with Gasteiger partial charge in [-0.2, -0.15) is 13.2 Å². The maximum Gasteiger partial charge on any atom is 0.417 e. The third-order valence-electron chi connectivity index (χ3n) is 3.83. The van der Waals surface area contributed by atoms with Crippen LogP contribution in [0.5, 0.6) is 0 Å². The number of rotatable bonds is 2. The molecule has 4 nitrogen and oxygen atoms in total. The Balaban J connectivity index is 2.03. The quantitative estimate of drug-likeness (QED) is 0.673. The number of nitrogens with one attached hydrogen (secondary N) is 2. The summed E-state index contributed by atoms with van der Waals surface area (Å²) in [4.78, 5) is 26.6. The standard InChI is InChI=1S/C18H12ClF3N2O2/c1-9-2-3-11(13(6-9)18(20,21)22)17(26)24-15-7-10-4-5-23-16(25)12(10)8-14(15)19/h2-8H,1H3,(H,23,25)(H,24,26). The number of hydrogen-bond donors (Lipinski definition) is 2. The van der Waals surface area contributed by atoms with E-state index < -0.39 is 23.2 Å². The number of aromatic nitrogens is 1. The van der Waals surface area contributed by atoms with E-state index in [1.165, 1.54) is 31.3 Å². The Hall–Kier alpha value is -2.80. The monoisotopic (exact) mass is 380 g/mol. The van der Waals surface area contributed by atoms with Crippen molar-refractivity contribution in [2.24, 2.45) is 0 Å². The molecule has 2 aromatic carbocycles. The summed E-state index contributed by atoms with van der Waals surface area (Å²) >= 11 is 6.07. The van der Waals surface area contributed by atoms with E-state index in [-0.39, 0.29) is 16.3 Å². The number of anilines is 1.